The molecule has 1 aromatic carbocycles. The maximum atomic E-state index is 7.50. The predicted octanol–water partition coefficient (Wildman–Crippen LogP) is 3.49. The molecular formula is C19H21FeNO5. The van der Waals surface area contributed by atoms with Gasteiger partial charge in [0.25, 0.3) is 0 Å². The number of ether oxygens (including phenoxy) is 2. The van der Waals surface area contributed by atoms with Crippen LogP contribution in [-0.4, -0.2) is 20.8 Å². The fourth-order valence-corrected chi connectivity index (χ4v) is 2.12. The standard InChI is InChI=1S/C16H21NO2.3CO.Fe/c1-18-15-7-3-13(4-8-15)11-12-17-14-5-9-16(19-2)10-6-14;3*1-2;/h3,5-10,13,17H,4,11-12H2,1-2H3;;;;. The van der Waals surface area contributed by atoms with E-state index < -0.39 is 0 Å². The van der Waals surface area contributed by atoms with Gasteiger partial charge in [0, 0.05) is 29.3 Å². The molecule has 0 saturated heterocycles. The van der Waals surface area contributed by atoms with Crippen molar-refractivity contribution in [2.75, 3.05) is 26.1 Å². The van der Waals surface area contributed by atoms with Crippen LogP contribution in [0, 0.1) is 25.9 Å². The van der Waals surface area contributed by atoms with Gasteiger partial charge >= 0.3 is 33.9 Å². The van der Waals surface area contributed by atoms with E-state index in [4.69, 9.17) is 23.4 Å². The Bertz CT molecular complexity index is 562. The zero-order valence-corrected chi connectivity index (χ0v) is 15.7. The van der Waals surface area contributed by atoms with Crippen LogP contribution in [0.5, 0.6) is 5.75 Å². The second-order valence-corrected chi connectivity index (χ2v) is 4.61. The van der Waals surface area contributed by atoms with Gasteiger partial charge in [0.15, 0.2) is 0 Å². The van der Waals surface area contributed by atoms with Gasteiger partial charge in [-0.3, -0.25) is 0 Å². The average Bonchev–Trinajstić information content (AvgIpc) is 2.73. The Morgan fingerprint density at radius 2 is 1.58 bits per heavy atom. The quantitative estimate of drug-likeness (QED) is 0.451. The first kappa shape index (κ1) is 28.6. The van der Waals surface area contributed by atoms with Crippen LogP contribution in [0.3, 0.4) is 0 Å². The van der Waals surface area contributed by atoms with Crippen LogP contribution in [0.4, 0.5) is 5.69 Å². The van der Waals surface area contributed by atoms with Crippen LogP contribution in [0.1, 0.15) is 12.8 Å². The van der Waals surface area contributed by atoms with Crippen molar-refractivity contribution >= 4 is 5.69 Å². The molecule has 0 heterocycles. The summed E-state index contributed by atoms with van der Waals surface area (Å²) in [5, 5.41) is 3.43. The first-order valence-electron chi connectivity index (χ1n) is 7.23. The Hall–Kier alpha value is -2.16. The monoisotopic (exact) mass is 399 g/mol. The van der Waals surface area contributed by atoms with Gasteiger partial charge in [-0.15, -0.1) is 0 Å². The topological polar surface area (TPSA) is 90.2 Å². The summed E-state index contributed by atoms with van der Waals surface area (Å²) in [5.41, 5.74) is 1.13. The number of benzene rings is 1. The summed E-state index contributed by atoms with van der Waals surface area (Å²) >= 11 is 0. The summed E-state index contributed by atoms with van der Waals surface area (Å²) in [6.07, 6.45) is 8.62. The molecule has 26 heavy (non-hydrogen) atoms. The molecule has 0 fully saturated rings. The number of hydrogen-bond donors (Lipinski definition) is 1. The van der Waals surface area contributed by atoms with E-state index in [1.54, 1.807) is 14.2 Å². The first-order valence-corrected chi connectivity index (χ1v) is 7.23. The second-order valence-electron chi connectivity index (χ2n) is 4.61. The molecule has 2 rings (SSSR count). The van der Waals surface area contributed by atoms with Crippen molar-refractivity contribution < 1.29 is 40.5 Å². The van der Waals surface area contributed by atoms with Crippen LogP contribution in [0.2, 0.25) is 0 Å². The molecule has 1 aliphatic rings. The molecule has 0 amide bonds. The first-order chi connectivity index (χ1) is 12.3. The minimum Gasteiger partial charge on any atom is 0 e. The maximum Gasteiger partial charge on any atom is 0 e. The maximum absolute atomic E-state index is 7.50. The van der Waals surface area contributed by atoms with Gasteiger partial charge in [-0.05, 0) is 55.2 Å². The van der Waals surface area contributed by atoms with Crippen LogP contribution < -0.4 is 10.1 Å². The SMILES string of the molecule is COC1=CCC(CCNc2ccc(OC)cc2)C=C1.[C-]#[O+].[C-]#[O+].[C-]#[O+].[Fe]. The van der Waals surface area contributed by atoms with Crippen LogP contribution in [-0.2, 0) is 35.8 Å². The Morgan fingerprint density at radius 1 is 1.00 bits per heavy atom. The average molecular weight is 399 g/mol. The number of anilines is 1. The fraction of sp³-hybridized carbons (Fsp3) is 0.316. The van der Waals surface area contributed by atoms with E-state index in [9.17, 15) is 0 Å². The molecule has 140 valence electrons. The summed E-state index contributed by atoms with van der Waals surface area (Å²) in [5.74, 6) is 2.46. The van der Waals surface area contributed by atoms with Crippen LogP contribution in [0.15, 0.2) is 48.3 Å². The molecule has 1 aliphatic carbocycles. The van der Waals surface area contributed by atoms with Crippen molar-refractivity contribution in [3.63, 3.8) is 0 Å². The zero-order valence-electron chi connectivity index (χ0n) is 14.6. The van der Waals surface area contributed by atoms with Gasteiger partial charge in [-0.1, -0.05) is 6.08 Å². The Labute approximate surface area is 165 Å². The Kier molecular flexibility index (Phi) is 23.0. The van der Waals surface area contributed by atoms with Gasteiger partial charge in [0.1, 0.15) is 11.5 Å². The molecular weight excluding hydrogens is 378 g/mol. The Morgan fingerprint density at radius 3 is 2.00 bits per heavy atom. The summed E-state index contributed by atoms with van der Waals surface area (Å²) in [6, 6.07) is 8.02. The van der Waals surface area contributed by atoms with Crippen molar-refractivity contribution in [3.05, 3.63) is 68.2 Å². The summed E-state index contributed by atoms with van der Waals surface area (Å²) in [6.45, 7) is 14.5. The van der Waals surface area contributed by atoms with E-state index in [0.29, 0.717) is 5.92 Å². The van der Waals surface area contributed by atoms with Crippen LogP contribution in [0.25, 0.3) is 0 Å². The molecule has 0 bridgehead atoms. The molecule has 7 heteroatoms. The number of rotatable bonds is 6. The van der Waals surface area contributed by atoms with Gasteiger partial charge in [-0.25, -0.2) is 0 Å². The summed E-state index contributed by atoms with van der Waals surface area (Å²) in [4.78, 5) is 0. The number of hydrogen-bond acceptors (Lipinski definition) is 3. The molecule has 1 atom stereocenters. The normalized spacial score (nSPS) is 13.2. The predicted molar refractivity (Wildman–Crippen MR) is 90.2 cm³/mol. The molecule has 6 nitrogen and oxygen atoms in total. The van der Waals surface area contributed by atoms with E-state index in [-0.39, 0.29) is 17.1 Å². The number of nitrogens with one attached hydrogen (secondary N) is 1. The van der Waals surface area contributed by atoms with E-state index in [1.165, 1.54) is 0 Å². The Balaban J connectivity index is -0.000000686. The molecule has 0 aromatic heterocycles. The molecule has 0 radical (unpaired) electrons. The molecule has 0 aliphatic heterocycles. The van der Waals surface area contributed by atoms with Gasteiger partial charge < -0.3 is 14.8 Å². The van der Waals surface area contributed by atoms with Crippen molar-refractivity contribution in [1.29, 1.82) is 0 Å². The zero-order chi connectivity index (χ0) is 19.5. The third-order valence-corrected chi connectivity index (χ3v) is 3.32. The third kappa shape index (κ3) is 12.2. The van der Waals surface area contributed by atoms with E-state index in [1.807, 2.05) is 24.3 Å². The van der Waals surface area contributed by atoms with E-state index in [2.05, 4.69) is 43.5 Å². The minimum absolute atomic E-state index is 0. The molecule has 1 N–H and O–H groups in total. The van der Waals surface area contributed by atoms with Gasteiger partial charge in [0.05, 0.1) is 14.2 Å². The van der Waals surface area contributed by atoms with Crippen LogP contribution >= 0.6 is 0 Å². The number of allylic oxidation sites excluding steroid dienone is 3. The molecule has 0 saturated carbocycles. The molecule has 1 aromatic rings. The van der Waals surface area contributed by atoms with E-state index >= 15 is 0 Å². The number of methoxy groups -OCH3 is 2. The largest absolute Gasteiger partial charge is 0 e. The third-order valence-electron chi connectivity index (χ3n) is 3.32. The summed E-state index contributed by atoms with van der Waals surface area (Å²) < 4.78 is 32.8. The van der Waals surface area contributed by atoms with Crippen molar-refractivity contribution in [2.24, 2.45) is 5.92 Å². The van der Waals surface area contributed by atoms with Crippen molar-refractivity contribution in [1.82, 2.24) is 0 Å². The van der Waals surface area contributed by atoms with Crippen molar-refractivity contribution in [2.45, 2.75) is 12.8 Å². The molecule has 0 spiro atoms. The van der Waals surface area contributed by atoms with Gasteiger partial charge in [-0.2, -0.15) is 0 Å². The second kappa shape index (κ2) is 20.9. The van der Waals surface area contributed by atoms with Crippen molar-refractivity contribution in [3.8, 4) is 5.75 Å². The fourth-order valence-electron chi connectivity index (χ4n) is 2.12. The molecule has 1 unspecified atom stereocenters. The van der Waals surface area contributed by atoms with Gasteiger partial charge in [0.2, 0.25) is 0 Å². The minimum atomic E-state index is 0. The van der Waals surface area contributed by atoms with E-state index in [0.717, 1.165) is 36.6 Å². The smallest absolute Gasteiger partial charge is 0 e. The summed E-state index contributed by atoms with van der Waals surface area (Å²) in [7, 11) is 3.39.